The minimum atomic E-state index is 0.468. The molecule has 0 aromatic heterocycles. The van der Waals surface area contributed by atoms with Gasteiger partial charge in [-0.3, -0.25) is 0 Å². The third kappa shape index (κ3) is 24.2. The molecule has 5 rings (SSSR count). The molecule has 1 heteroatoms. The Morgan fingerprint density at radius 1 is 0.862 bits per heavy atom. The average Bonchev–Trinajstić information content (AvgIpc) is 3.30. The number of hydrogen-bond donors (Lipinski definition) is 1. The summed E-state index contributed by atoms with van der Waals surface area (Å²) in [6.45, 7) is 40.2. The first-order valence-electron chi connectivity index (χ1n) is 28.0. The molecule has 0 heterocycles. The lowest BCUT2D eigenvalue weighted by atomic mass is 9.56. The number of hydrogen-bond acceptors (Lipinski definition) is 1. The van der Waals surface area contributed by atoms with Crippen LogP contribution in [0.15, 0.2) is 71.9 Å². The van der Waals surface area contributed by atoms with Gasteiger partial charge in [0, 0.05) is 5.92 Å². The van der Waals surface area contributed by atoms with Crippen molar-refractivity contribution in [3.05, 3.63) is 71.9 Å². The van der Waals surface area contributed by atoms with E-state index >= 15 is 0 Å². The first kappa shape index (κ1) is 63.0. The second-order valence-corrected chi connectivity index (χ2v) is 22.3. The molecule has 5 aliphatic carbocycles. The summed E-state index contributed by atoms with van der Waals surface area (Å²) in [5, 5.41) is 0. The summed E-state index contributed by atoms with van der Waals surface area (Å²) in [5.74, 6) is 13.3. The lowest BCUT2D eigenvalue weighted by Crippen LogP contribution is -2.38. The van der Waals surface area contributed by atoms with Crippen LogP contribution in [0.3, 0.4) is 0 Å². The number of terminal acetylenes is 1. The van der Waals surface area contributed by atoms with Crippen molar-refractivity contribution in [2.75, 3.05) is 7.05 Å². The second kappa shape index (κ2) is 36.0. The Hall–Kier alpha value is -2.04. The van der Waals surface area contributed by atoms with Crippen LogP contribution in [0.1, 0.15) is 233 Å². The van der Waals surface area contributed by atoms with Crippen molar-refractivity contribution >= 4 is 0 Å². The molecule has 2 N–H and O–H groups in total. The van der Waals surface area contributed by atoms with E-state index in [0.29, 0.717) is 23.2 Å². The van der Waals surface area contributed by atoms with Crippen LogP contribution in [0.5, 0.6) is 0 Å². The van der Waals surface area contributed by atoms with Crippen LogP contribution in [0, 0.1) is 94.7 Å². The summed E-state index contributed by atoms with van der Waals surface area (Å²) in [6.07, 6.45) is 50.9. The SMILES string of the molecule is C#CC1C(C)CCCC1C.C=CC.CC.CCC1CC(C/C=C(\C)C[C@@H](C)/C=C/C=C2\CCC(C)/C(C)=C\CC2C)CC2(C=C[C@H](C)C(C(C)CC)C2)C1.CCC1CCCC(C)C1.CN. The van der Waals surface area contributed by atoms with Crippen LogP contribution in [0.25, 0.3) is 0 Å². The Kier molecular flexibility index (Phi) is 34.9. The van der Waals surface area contributed by atoms with Crippen LogP contribution in [0.4, 0.5) is 0 Å². The molecule has 3 fully saturated rings. The molecule has 0 radical (unpaired) electrons. The first-order valence-corrected chi connectivity index (χ1v) is 28.0. The van der Waals surface area contributed by atoms with Gasteiger partial charge in [-0.25, -0.2) is 0 Å². The Labute approximate surface area is 410 Å². The van der Waals surface area contributed by atoms with Gasteiger partial charge in [-0.15, -0.1) is 18.9 Å². The fraction of sp³-hybridized carbons (Fsp3) is 0.781. The molecule has 5 aliphatic rings. The average molecular weight is 899 g/mol. The molecule has 1 nitrogen and oxygen atoms in total. The summed E-state index contributed by atoms with van der Waals surface area (Å²) >= 11 is 0. The van der Waals surface area contributed by atoms with Gasteiger partial charge >= 0.3 is 0 Å². The second-order valence-electron chi connectivity index (χ2n) is 22.3. The molecular weight excluding hydrogens is 783 g/mol. The van der Waals surface area contributed by atoms with Gasteiger partial charge in [0.1, 0.15) is 0 Å². The Morgan fingerprint density at radius 2 is 1.46 bits per heavy atom. The fourth-order valence-electron chi connectivity index (χ4n) is 12.1. The van der Waals surface area contributed by atoms with Gasteiger partial charge in [-0.1, -0.05) is 200 Å². The van der Waals surface area contributed by atoms with E-state index in [-0.39, 0.29) is 0 Å². The Balaban J connectivity index is 0.00000127. The summed E-state index contributed by atoms with van der Waals surface area (Å²) < 4.78 is 0. The zero-order chi connectivity index (χ0) is 49.5. The molecule has 0 bridgehead atoms. The molecule has 13 atom stereocenters. The van der Waals surface area contributed by atoms with E-state index in [1.54, 1.807) is 22.8 Å². The monoisotopic (exact) mass is 898 g/mol. The van der Waals surface area contributed by atoms with Crippen molar-refractivity contribution in [1.29, 1.82) is 0 Å². The van der Waals surface area contributed by atoms with E-state index in [9.17, 15) is 0 Å². The lowest BCUT2D eigenvalue weighted by Gasteiger charge is -2.48. The van der Waals surface area contributed by atoms with Gasteiger partial charge in [-0.05, 0) is 181 Å². The normalized spacial score (nSPS) is 34.8. The lowest BCUT2D eigenvalue weighted by molar-refractivity contribution is 0.0708. The summed E-state index contributed by atoms with van der Waals surface area (Å²) in [5.41, 5.74) is 9.78. The van der Waals surface area contributed by atoms with Gasteiger partial charge < -0.3 is 5.73 Å². The summed E-state index contributed by atoms with van der Waals surface area (Å²) in [7, 11) is 1.50. The number of rotatable bonds is 10. The van der Waals surface area contributed by atoms with Gasteiger partial charge in [0.2, 0.25) is 0 Å². The summed E-state index contributed by atoms with van der Waals surface area (Å²) in [4.78, 5) is 0. The van der Waals surface area contributed by atoms with Gasteiger partial charge in [0.05, 0.1) is 0 Å². The van der Waals surface area contributed by atoms with E-state index < -0.39 is 0 Å². The van der Waals surface area contributed by atoms with Crippen LogP contribution in [-0.2, 0) is 0 Å². The molecule has 0 aliphatic heterocycles. The first-order chi connectivity index (χ1) is 31.0. The highest BCUT2D eigenvalue weighted by Gasteiger charge is 2.43. The predicted molar refractivity (Wildman–Crippen MR) is 298 cm³/mol. The van der Waals surface area contributed by atoms with Crippen molar-refractivity contribution in [2.45, 2.75) is 233 Å². The van der Waals surface area contributed by atoms with Crippen molar-refractivity contribution in [1.82, 2.24) is 0 Å². The van der Waals surface area contributed by atoms with E-state index in [1.165, 1.54) is 129 Å². The van der Waals surface area contributed by atoms with E-state index in [4.69, 9.17) is 6.42 Å². The highest BCUT2D eigenvalue weighted by atomic mass is 14.5. The maximum atomic E-state index is 5.43. The van der Waals surface area contributed by atoms with Crippen molar-refractivity contribution in [3.8, 4) is 12.3 Å². The number of nitrogens with two attached hydrogens (primary N) is 1. The van der Waals surface area contributed by atoms with Crippen LogP contribution in [0.2, 0.25) is 0 Å². The third-order valence-electron chi connectivity index (χ3n) is 16.7. The topological polar surface area (TPSA) is 26.0 Å². The maximum absolute atomic E-state index is 5.43. The zero-order valence-corrected chi connectivity index (χ0v) is 46.9. The van der Waals surface area contributed by atoms with Crippen molar-refractivity contribution in [3.63, 3.8) is 0 Å². The molecule has 3 saturated carbocycles. The van der Waals surface area contributed by atoms with Gasteiger partial charge in [-0.2, -0.15) is 0 Å². The molecule has 0 aromatic rings. The molecule has 0 saturated heterocycles. The minimum absolute atomic E-state index is 0.468. The quantitative estimate of drug-likeness (QED) is 0.172. The molecule has 65 heavy (non-hydrogen) atoms. The maximum Gasteiger partial charge on any atom is 0.0251 e. The summed E-state index contributed by atoms with van der Waals surface area (Å²) in [6, 6.07) is 0. The molecule has 0 amide bonds. The van der Waals surface area contributed by atoms with E-state index in [1.807, 2.05) is 20.8 Å². The fourth-order valence-corrected chi connectivity index (χ4v) is 12.1. The molecular formula is C64H115N. The van der Waals surface area contributed by atoms with Gasteiger partial charge in [0.15, 0.2) is 0 Å². The Bertz CT molecular complexity index is 1400. The van der Waals surface area contributed by atoms with Crippen molar-refractivity contribution < 1.29 is 0 Å². The Morgan fingerprint density at radius 3 is 2.00 bits per heavy atom. The van der Waals surface area contributed by atoms with E-state index in [2.05, 4.69) is 151 Å². The van der Waals surface area contributed by atoms with Crippen LogP contribution in [-0.4, -0.2) is 7.05 Å². The smallest absolute Gasteiger partial charge is 0.0251 e. The largest absolute Gasteiger partial charge is 0.333 e. The minimum Gasteiger partial charge on any atom is -0.333 e. The molecule has 376 valence electrons. The van der Waals surface area contributed by atoms with Crippen LogP contribution >= 0.6 is 0 Å². The molecule has 0 aromatic carbocycles. The number of allylic oxidation sites excluding steroid dienone is 11. The van der Waals surface area contributed by atoms with Crippen molar-refractivity contribution in [2.24, 2.45) is 88.1 Å². The highest BCUT2D eigenvalue weighted by Crippen LogP contribution is 2.54. The molecule has 11 unspecified atom stereocenters. The standard InChI is InChI=1S/C39H64.C10H16.C9H18.C3H6.C2H6.CH5N/c1-10-30(5)38-27-39(22-21-34(38)9)25-35(11-2)24-36(26-39)19-15-29(4)23-28(3)13-12-14-37-20-18-32(7)31(6)16-17-33(37)8;1-4-10-8(2)6-5-7-9(10)3;1-3-9-6-4-5-8(2)7-9;1-3-2;2*1-2/h12-16,21-22,28,30,32-36,38H,10-11,17-20,23-27H2,1-9H3;1,8-10H,5-7H2,2-3H3;8-9H,3-7H2,1-2H3;3H,1H2,2H3;1-2H3;2H2,1H3/b13-12+,29-15+,31-16-,37-14+;;;;;/t28-,30?,32?,33?,34-,35?,36?,38?,39?;;;;;/m0...../s1. The van der Waals surface area contributed by atoms with E-state index in [0.717, 1.165) is 59.2 Å². The van der Waals surface area contributed by atoms with Gasteiger partial charge in [0.25, 0.3) is 0 Å². The zero-order valence-electron chi connectivity index (χ0n) is 46.9. The molecule has 1 spiro atoms. The van der Waals surface area contributed by atoms with Crippen LogP contribution < -0.4 is 5.73 Å². The highest BCUT2D eigenvalue weighted by molar-refractivity contribution is 5.20. The third-order valence-corrected chi connectivity index (χ3v) is 16.7. The predicted octanol–water partition coefficient (Wildman–Crippen LogP) is 20.0.